The van der Waals surface area contributed by atoms with Gasteiger partial charge in [0.25, 0.3) is 0 Å². The van der Waals surface area contributed by atoms with Gasteiger partial charge in [-0.2, -0.15) is 0 Å². The van der Waals surface area contributed by atoms with Gasteiger partial charge in [-0.25, -0.2) is 19.2 Å². The van der Waals surface area contributed by atoms with E-state index in [1.807, 2.05) is 0 Å². The summed E-state index contributed by atoms with van der Waals surface area (Å²) >= 11 is 0. The Bertz CT molecular complexity index is 1390. The number of hydrogen-bond donors (Lipinski definition) is 0. The van der Waals surface area contributed by atoms with Gasteiger partial charge in [-0.05, 0) is 48.5 Å². The molecule has 0 radical (unpaired) electrons. The molecule has 9 nitrogen and oxygen atoms in total. The third kappa shape index (κ3) is 6.89. The van der Waals surface area contributed by atoms with Crippen molar-refractivity contribution in [2.24, 2.45) is 0 Å². The van der Waals surface area contributed by atoms with Gasteiger partial charge in [-0.3, -0.25) is 0 Å². The lowest BCUT2D eigenvalue weighted by molar-refractivity contribution is -0.250. The first-order chi connectivity index (χ1) is 20.5. The van der Waals surface area contributed by atoms with Crippen molar-refractivity contribution in [2.45, 2.75) is 24.6 Å². The Morgan fingerprint density at radius 3 is 1.19 bits per heavy atom. The smallest absolute Gasteiger partial charge is 0.340 e. The summed E-state index contributed by atoms with van der Waals surface area (Å²) < 4.78 is 28.7. The van der Waals surface area contributed by atoms with Crippen LogP contribution in [-0.4, -0.2) is 55.1 Å². The molecule has 212 valence electrons. The van der Waals surface area contributed by atoms with Gasteiger partial charge >= 0.3 is 23.9 Å². The normalized spacial score (nSPS) is 19.6. The molecule has 0 aliphatic carbocycles. The maximum Gasteiger partial charge on any atom is 0.340 e. The Hall–Kier alpha value is -5.28. The van der Waals surface area contributed by atoms with E-state index in [1.165, 1.54) is 12.1 Å². The van der Waals surface area contributed by atoms with Crippen LogP contribution in [0, 0.1) is 0 Å². The molecule has 0 bridgehead atoms. The molecule has 0 aromatic heterocycles. The Balaban J connectivity index is 1.48. The molecule has 1 saturated heterocycles. The largest absolute Gasteiger partial charge is 0.452 e. The van der Waals surface area contributed by atoms with Gasteiger partial charge in [-0.1, -0.05) is 72.8 Å². The van der Waals surface area contributed by atoms with Crippen molar-refractivity contribution in [1.29, 1.82) is 0 Å². The zero-order valence-corrected chi connectivity index (χ0v) is 22.2. The molecule has 1 aliphatic heterocycles. The van der Waals surface area contributed by atoms with Crippen LogP contribution < -0.4 is 0 Å². The summed E-state index contributed by atoms with van der Waals surface area (Å²) in [5.74, 6) is -3.02. The van der Waals surface area contributed by atoms with Gasteiger partial charge in [0.2, 0.25) is 12.4 Å². The highest BCUT2D eigenvalue weighted by Gasteiger charge is 2.50. The van der Waals surface area contributed by atoms with Crippen LogP contribution in [0.5, 0.6) is 0 Å². The van der Waals surface area contributed by atoms with E-state index in [-0.39, 0.29) is 28.9 Å². The SMILES string of the molecule is O=C(O[C@H]1OC[C@@H](OC(=O)c2ccccc2)[C@@H](OC(=O)c2ccccc2)[C@H]1OC(=O)c1ccccc1)c1ccccc1. The second-order valence-corrected chi connectivity index (χ2v) is 9.25. The molecule has 0 amide bonds. The number of ether oxygens (including phenoxy) is 5. The van der Waals surface area contributed by atoms with E-state index in [9.17, 15) is 19.2 Å². The van der Waals surface area contributed by atoms with Crippen LogP contribution in [0.15, 0.2) is 121 Å². The van der Waals surface area contributed by atoms with Crippen LogP contribution in [0.3, 0.4) is 0 Å². The summed E-state index contributed by atoms with van der Waals surface area (Å²) in [6.45, 7) is -0.322. The van der Waals surface area contributed by atoms with Crippen molar-refractivity contribution < 1.29 is 42.9 Å². The fourth-order valence-electron chi connectivity index (χ4n) is 4.27. The summed E-state index contributed by atoms with van der Waals surface area (Å²) in [4.78, 5) is 52.4. The van der Waals surface area contributed by atoms with Crippen LogP contribution >= 0.6 is 0 Å². The summed E-state index contributed by atoms with van der Waals surface area (Å²) in [5, 5.41) is 0. The van der Waals surface area contributed by atoms with Crippen molar-refractivity contribution in [1.82, 2.24) is 0 Å². The molecule has 4 atom stereocenters. The van der Waals surface area contributed by atoms with Crippen molar-refractivity contribution in [2.75, 3.05) is 6.61 Å². The quantitative estimate of drug-likeness (QED) is 0.218. The first-order valence-electron chi connectivity index (χ1n) is 13.2. The van der Waals surface area contributed by atoms with E-state index in [0.717, 1.165) is 0 Å². The predicted octanol–water partition coefficient (Wildman–Crippen LogP) is 4.88. The Morgan fingerprint density at radius 1 is 0.452 bits per heavy atom. The fourth-order valence-corrected chi connectivity index (χ4v) is 4.27. The summed E-state index contributed by atoms with van der Waals surface area (Å²) in [7, 11) is 0. The molecule has 1 aliphatic rings. The first-order valence-corrected chi connectivity index (χ1v) is 13.2. The lowest BCUT2D eigenvalue weighted by atomic mass is 10.0. The highest BCUT2D eigenvalue weighted by molar-refractivity contribution is 5.91. The zero-order chi connectivity index (χ0) is 29.3. The minimum Gasteiger partial charge on any atom is -0.452 e. The molecular formula is C33H26O9. The van der Waals surface area contributed by atoms with Crippen molar-refractivity contribution in [3.8, 4) is 0 Å². The number of carbonyl (C=O) groups is 4. The van der Waals surface area contributed by atoms with Gasteiger partial charge in [0.05, 0.1) is 28.9 Å². The van der Waals surface area contributed by atoms with Crippen LogP contribution in [0.25, 0.3) is 0 Å². The molecule has 0 saturated carbocycles. The molecule has 0 spiro atoms. The highest BCUT2D eigenvalue weighted by Crippen LogP contribution is 2.28. The Kier molecular flexibility index (Phi) is 9.00. The van der Waals surface area contributed by atoms with E-state index in [2.05, 4.69) is 0 Å². The minimum atomic E-state index is -1.50. The number of rotatable bonds is 8. The molecule has 4 aromatic rings. The van der Waals surface area contributed by atoms with E-state index in [4.69, 9.17) is 23.7 Å². The summed E-state index contributed by atoms with van der Waals surface area (Å²) in [6.07, 6.45) is -5.61. The molecule has 5 rings (SSSR count). The van der Waals surface area contributed by atoms with Crippen molar-refractivity contribution >= 4 is 23.9 Å². The van der Waals surface area contributed by atoms with Crippen LogP contribution in [0.2, 0.25) is 0 Å². The highest BCUT2D eigenvalue weighted by atomic mass is 16.7. The number of hydrogen-bond acceptors (Lipinski definition) is 9. The van der Waals surface area contributed by atoms with Gasteiger partial charge < -0.3 is 23.7 Å². The molecule has 9 heteroatoms. The van der Waals surface area contributed by atoms with E-state index in [0.29, 0.717) is 0 Å². The van der Waals surface area contributed by atoms with Gasteiger partial charge in [0.15, 0.2) is 12.2 Å². The predicted molar refractivity (Wildman–Crippen MR) is 149 cm³/mol. The minimum absolute atomic E-state index is 0.196. The van der Waals surface area contributed by atoms with Crippen LogP contribution in [0.4, 0.5) is 0 Å². The maximum absolute atomic E-state index is 13.2. The Labute approximate surface area is 241 Å². The Morgan fingerprint density at radius 2 is 0.786 bits per heavy atom. The molecule has 42 heavy (non-hydrogen) atoms. The molecular weight excluding hydrogens is 540 g/mol. The van der Waals surface area contributed by atoms with Crippen LogP contribution in [-0.2, 0) is 23.7 Å². The number of esters is 4. The van der Waals surface area contributed by atoms with Crippen molar-refractivity contribution in [3.63, 3.8) is 0 Å². The van der Waals surface area contributed by atoms with E-state index in [1.54, 1.807) is 109 Å². The average Bonchev–Trinajstić information content (AvgIpc) is 3.05. The lowest BCUT2D eigenvalue weighted by Gasteiger charge is -2.40. The van der Waals surface area contributed by atoms with E-state index >= 15 is 0 Å². The summed E-state index contributed by atoms with van der Waals surface area (Å²) in [5.41, 5.74) is 0.885. The lowest BCUT2D eigenvalue weighted by Crippen LogP contribution is -2.58. The molecule has 0 unspecified atom stereocenters. The third-order valence-electron chi connectivity index (χ3n) is 6.39. The maximum atomic E-state index is 13.2. The zero-order valence-electron chi connectivity index (χ0n) is 22.2. The average molecular weight is 567 g/mol. The van der Waals surface area contributed by atoms with Crippen molar-refractivity contribution in [3.05, 3.63) is 144 Å². The van der Waals surface area contributed by atoms with Gasteiger partial charge in [0, 0.05) is 0 Å². The monoisotopic (exact) mass is 566 g/mol. The molecule has 1 heterocycles. The number of carbonyl (C=O) groups excluding carboxylic acids is 4. The fraction of sp³-hybridized carbons (Fsp3) is 0.152. The topological polar surface area (TPSA) is 114 Å². The third-order valence-corrected chi connectivity index (χ3v) is 6.39. The van der Waals surface area contributed by atoms with E-state index < -0.39 is 48.5 Å². The van der Waals surface area contributed by atoms with Crippen LogP contribution in [0.1, 0.15) is 41.4 Å². The first kappa shape index (κ1) is 28.3. The molecule has 4 aromatic carbocycles. The second-order valence-electron chi connectivity index (χ2n) is 9.25. The van der Waals surface area contributed by atoms with Gasteiger partial charge in [-0.15, -0.1) is 0 Å². The summed E-state index contributed by atoms with van der Waals surface area (Å²) in [6, 6.07) is 32.6. The molecule has 0 N–H and O–H groups in total. The van der Waals surface area contributed by atoms with Gasteiger partial charge in [0.1, 0.15) is 0 Å². The standard InChI is InChI=1S/C33H26O9/c34-29(22-13-5-1-6-14-22)39-26-21-38-33(42-32(37)25-19-11-4-12-20-25)28(41-31(36)24-17-9-3-10-18-24)27(26)40-30(35)23-15-7-2-8-16-23/h1-20,26-28,33H,21H2/t26-,27-,28-,33-/m1/s1. The number of benzene rings is 4. The second kappa shape index (κ2) is 13.4. The molecule has 1 fully saturated rings.